The molecule has 140 valence electrons. The Morgan fingerprint density at radius 1 is 1.26 bits per heavy atom. The van der Waals surface area contributed by atoms with Gasteiger partial charge in [-0.1, -0.05) is 0 Å². The quantitative estimate of drug-likeness (QED) is 0.459. The molecule has 0 saturated heterocycles. The lowest BCUT2D eigenvalue weighted by Crippen LogP contribution is -2.42. The maximum atomic E-state index is 12.7. The highest BCUT2D eigenvalue weighted by Crippen LogP contribution is 2.34. The molecule has 0 radical (unpaired) electrons. The summed E-state index contributed by atoms with van der Waals surface area (Å²) < 4.78 is 6.58. The number of hydrogen-bond donors (Lipinski definition) is 0. The number of carbonyl (C=O) groups excluding carboxylic acids is 2. The Hall–Kier alpha value is -3.49. The lowest BCUT2D eigenvalue weighted by molar-refractivity contribution is -0.386. The summed E-state index contributed by atoms with van der Waals surface area (Å²) in [5.74, 6) is -0.175. The van der Waals surface area contributed by atoms with E-state index < -0.39 is 22.4 Å². The molecular weight excluding hydrogens is 354 g/mol. The number of likely N-dealkylation sites (N-methyl/N-ethyl adjacent to an activating group) is 1. The molecule has 1 atom stereocenters. The highest BCUT2D eigenvalue weighted by Gasteiger charge is 2.29. The number of benzene rings is 1. The third kappa shape index (κ3) is 3.19. The van der Waals surface area contributed by atoms with Crippen LogP contribution in [0.2, 0.25) is 0 Å². The van der Waals surface area contributed by atoms with Crippen LogP contribution in [-0.4, -0.2) is 34.3 Å². The molecule has 0 fully saturated rings. The average molecular weight is 371 g/mol. The van der Waals surface area contributed by atoms with Crippen molar-refractivity contribution in [1.29, 1.82) is 0 Å². The standard InChI is InChI=1S/C18H17N3O6/c1-10-13(21(25)26)5-7-17(23)20(10)9-15(22)12-4-6-16-14(8-12)19(3)18(24)11(2)27-16/h4-8,11H,9H2,1-3H3. The van der Waals surface area contributed by atoms with Gasteiger partial charge in [0.2, 0.25) is 0 Å². The van der Waals surface area contributed by atoms with Crippen molar-refractivity contribution in [1.82, 2.24) is 4.57 Å². The lowest BCUT2D eigenvalue weighted by Gasteiger charge is -2.30. The number of nitrogens with zero attached hydrogens (tertiary/aromatic N) is 3. The largest absolute Gasteiger partial charge is 0.479 e. The Kier molecular flexibility index (Phi) is 4.52. The van der Waals surface area contributed by atoms with Gasteiger partial charge in [-0.2, -0.15) is 0 Å². The van der Waals surface area contributed by atoms with Crippen LogP contribution in [0.4, 0.5) is 11.4 Å². The minimum absolute atomic E-state index is 0.100. The molecule has 1 aliphatic heterocycles. The van der Waals surface area contributed by atoms with Gasteiger partial charge < -0.3 is 9.64 Å². The summed E-state index contributed by atoms with van der Waals surface area (Å²) in [5, 5.41) is 11.0. The van der Waals surface area contributed by atoms with E-state index in [-0.39, 0.29) is 29.4 Å². The van der Waals surface area contributed by atoms with Crippen LogP contribution in [0.3, 0.4) is 0 Å². The van der Waals surface area contributed by atoms with Crippen LogP contribution in [-0.2, 0) is 11.3 Å². The molecular formula is C18H17N3O6. The molecule has 2 aromatic rings. The number of aromatic nitrogens is 1. The summed E-state index contributed by atoms with van der Waals surface area (Å²) in [4.78, 5) is 48.6. The highest BCUT2D eigenvalue weighted by atomic mass is 16.6. The van der Waals surface area contributed by atoms with Gasteiger partial charge in [-0.25, -0.2) is 0 Å². The summed E-state index contributed by atoms with van der Waals surface area (Å²) in [6.45, 7) is 2.71. The molecule has 1 amide bonds. The Balaban J connectivity index is 1.95. The van der Waals surface area contributed by atoms with E-state index in [2.05, 4.69) is 0 Å². The smallest absolute Gasteiger partial charge is 0.288 e. The maximum Gasteiger partial charge on any atom is 0.288 e. The van der Waals surface area contributed by atoms with Crippen LogP contribution >= 0.6 is 0 Å². The minimum atomic E-state index is -0.616. The molecule has 0 bridgehead atoms. The molecule has 0 N–H and O–H groups in total. The molecule has 1 aromatic heterocycles. The number of amides is 1. The fraction of sp³-hybridized carbons (Fsp3) is 0.278. The number of hydrogen-bond acceptors (Lipinski definition) is 6. The predicted octanol–water partition coefficient (Wildman–Crippen LogP) is 1.69. The fourth-order valence-electron chi connectivity index (χ4n) is 2.97. The number of nitro groups is 1. The van der Waals surface area contributed by atoms with Crippen molar-refractivity contribution >= 4 is 23.1 Å². The van der Waals surface area contributed by atoms with Crippen LogP contribution in [0.25, 0.3) is 0 Å². The maximum absolute atomic E-state index is 12.7. The van der Waals surface area contributed by atoms with Gasteiger partial charge in [-0.3, -0.25) is 29.1 Å². The molecule has 1 aromatic carbocycles. The van der Waals surface area contributed by atoms with Gasteiger partial charge in [0.15, 0.2) is 11.9 Å². The minimum Gasteiger partial charge on any atom is -0.479 e. The van der Waals surface area contributed by atoms with Crippen LogP contribution in [0.1, 0.15) is 23.0 Å². The zero-order chi connectivity index (χ0) is 19.9. The molecule has 1 aliphatic rings. The number of ketones is 1. The molecule has 0 saturated carbocycles. The van der Waals surface area contributed by atoms with E-state index in [9.17, 15) is 24.5 Å². The van der Waals surface area contributed by atoms with Gasteiger partial charge in [0.05, 0.1) is 22.8 Å². The van der Waals surface area contributed by atoms with Gasteiger partial charge >= 0.3 is 0 Å². The molecule has 0 spiro atoms. The second-order valence-electron chi connectivity index (χ2n) is 6.25. The van der Waals surface area contributed by atoms with Crippen molar-refractivity contribution in [3.8, 4) is 5.75 Å². The first-order valence-corrected chi connectivity index (χ1v) is 8.17. The molecule has 9 nitrogen and oxygen atoms in total. The first-order chi connectivity index (χ1) is 12.7. The van der Waals surface area contributed by atoms with Crippen LogP contribution in [0.5, 0.6) is 5.75 Å². The summed E-state index contributed by atoms with van der Waals surface area (Å²) in [6.07, 6.45) is -0.616. The van der Waals surface area contributed by atoms with Crippen LogP contribution in [0, 0.1) is 17.0 Å². The zero-order valence-electron chi connectivity index (χ0n) is 15.0. The summed E-state index contributed by atoms with van der Waals surface area (Å²) in [5.41, 5.74) is 0.0779. The molecule has 2 heterocycles. The van der Waals surface area contributed by atoms with Gasteiger partial charge in [0.25, 0.3) is 17.2 Å². The topological polar surface area (TPSA) is 112 Å². The van der Waals surface area contributed by atoms with Crippen LogP contribution < -0.4 is 15.2 Å². The molecule has 9 heteroatoms. The van der Waals surface area contributed by atoms with E-state index in [1.54, 1.807) is 20.0 Å². The number of Topliss-reactive ketones (excluding diaryl/α,β-unsaturated/α-hetero) is 1. The number of anilines is 1. The first-order valence-electron chi connectivity index (χ1n) is 8.17. The van der Waals surface area contributed by atoms with E-state index in [0.29, 0.717) is 11.4 Å². The fourth-order valence-corrected chi connectivity index (χ4v) is 2.97. The second-order valence-corrected chi connectivity index (χ2v) is 6.25. The van der Waals surface area contributed by atoms with E-state index >= 15 is 0 Å². The third-order valence-corrected chi connectivity index (χ3v) is 4.55. The summed E-state index contributed by atoms with van der Waals surface area (Å²) >= 11 is 0. The Morgan fingerprint density at radius 2 is 1.96 bits per heavy atom. The van der Waals surface area contributed by atoms with Gasteiger partial charge in [-0.05, 0) is 32.0 Å². The average Bonchev–Trinajstić information content (AvgIpc) is 2.62. The van der Waals surface area contributed by atoms with Crippen LogP contribution in [0.15, 0.2) is 35.1 Å². The number of carbonyl (C=O) groups is 2. The molecule has 0 aliphatic carbocycles. The van der Waals surface area contributed by atoms with Crippen molar-refractivity contribution in [2.45, 2.75) is 26.5 Å². The van der Waals surface area contributed by atoms with Gasteiger partial charge in [0, 0.05) is 24.7 Å². The zero-order valence-corrected chi connectivity index (χ0v) is 15.0. The van der Waals surface area contributed by atoms with Gasteiger partial charge in [0.1, 0.15) is 5.75 Å². The van der Waals surface area contributed by atoms with E-state index in [0.717, 1.165) is 16.7 Å². The van der Waals surface area contributed by atoms with Crippen molar-refractivity contribution in [3.05, 3.63) is 62.1 Å². The van der Waals surface area contributed by atoms with E-state index in [1.807, 2.05) is 0 Å². The predicted molar refractivity (Wildman–Crippen MR) is 96.4 cm³/mol. The Morgan fingerprint density at radius 3 is 2.63 bits per heavy atom. The van der Waals surface area contributed by atoms with Gasteiger partial charge in [-0.15, -0.1) is 0 Å². The lowest BCUT2D eigenvalue weighted by atomic mass is 10.1. The summed E-state index contributed by atoms with van der Waals surface area (Å²) in [7, 11) is 1.59. The van der Waals surface area contributed by atoms with Crippen molar-refractivity contribution in [3.63, 3.8) is 0 Å². The second kappa shape index (κ2) is 6.67. The number of fused-ring (bicyclic) bond motifs is 1. The van der Waals surface area contributed by atoms with Crippen molar-refractivity contribution in [2.75, 3.05) is 11.9 Å². The number of pyridine rings is 1. The SMILES string of the molecule is Cc1c([N+](=O)[O-])ccc(=O)n1CC(=O)c1ccc2c(c1)N(C)C(=O)C(C)O2. The Labute approximate surface area is 153 Å². The Bertz CT molecular complexity index is 1030. The third-order valence-electron chi connectivity index (χ3n) is 4.55. The highest BCUT2D eigenvalue weighted by molar-refractivity contribution is 6.02. The van der Waals surface area contributed by atoms with E-state index in [4.69, 9.17) is 4.74 Å². The normalized spacial score (nSPS) is 15.9. The van der Waals surface area contributed by atoms with Crippen molar-refractivity contribution < 1.29 is 19.2 Å². The summed E-state index contributed by atoms with van der Waals surface area (Å²) in [6, 6.07) is 6.82. The molecule has 1 unspecified atom stereocenters. The number of ether oxygens (including phenoxy) is 1. The number of rotatable bonds is 4. The van der Waals surface area contributed by atoms with Crippen molar-refractivity contribution in [2.24, 2.45) is 0 Å². The monoisotopic (exact) mass is 371 g/mol. The molecule has 27 heavy (non-hydrogen) atoms. The van der Waals surface area contributed by atoms with E-state index in [1.165, 1.54) is 24.0 Å². The molecule has 3 rings (SSSR count). The first kappa shape index (κ1) is 18.3.